The largest absolute Gasteiger partial charge is 0.490 e. The van der Waals surface area contributed by atoms with Crippen LogP contribution in [0.2, 0.25) is 0 Å². The first kappa shape index (κ1) is 20.2. The summed E-state index contributed by atoms with van der Waals surface area (Å²) in [5.41, 5.74) is 3.99. The van der Waals surface area contributed by atoms with Crippen LogP contribution < -0.4 is 14.8 Å². The molecule has 3 aliphatic rings. The topological polar surface area (TPSA) is 102 Å². The van der Waals surface area contributed by atoms with Gasteiger partial charge in [0.2, 0.25) is 0 Å². The molecule has 1 aliphatic heterocycles. The Hall–Kier alpha value is -3.09. The Bertz CT molecular complexity index is 932. The standard InChI is InChI=1S/C23H25NO6/c1-2-29-19-11-13(9-10-18(19)30-12-20(27)28)21-22-14(5-3-7-16(22)25)24-15-6-4-8-17(26)23(15)21/h9-11,21,24H,2-8,12H2,1H3,(H,27,28). The molecule has 2 N–H and O–H groups in total. The number of nitrogens with one attached hydrogen (secondary N) is 1. The van der Waals surface area contributed by atoms with E-state index < -0.39 is 18.5 Å². The Morgan fingerprint density at radius 1 is 1.00 bits per heavy atom. The number of ketones is 2. The number of ether oxygens (including phenoxy) is 2. The summed E-state index contributed by atoms with van der Waals surface area (Å²) in [6.07, 6.45) is 4.15. The number of hydrogen-bond acceptors (Lipinski definition) is 6. The second-order valence-electron chi connectivity index (χ2n) is 7.72. The van der Waals surface area contributed by atoms with Gasteiger partial charge < -0.3 is 19.9 Å². The summed E-state index contributed by atoms with van der Waals surface area (Å²) >= 11 is 0. The second kappa shape index (κ2) is 8.34. The van der Waals surface area contributed by atoms with Gasteiger partial charge in [0.15, 0.2) is 29.7 Å². The average Bonchev–Trinajstić information content (AvgIpc) is 2.72. The lowest BCUT2D eigenvalue weighted by molar-refractivity contribution is -0.139. The number of carbonyl (C=O) groups excluding carboxylic acids is 2. The van der Waals surface area contributed by atoms with Crippen LogP contribution in [0.5, 0.6) is 11.5 Å². The van der Waals surface area contributed by atoms with Crippen LogP contribution in [0.3, 0.4) is 0 Å². The van der Waals surface area contributed by atoms with Crippen molar-refractivity contribution in [3.63, 3.8) is 0 Å². The zero-order chi connectivity index (χ0) is 21.3. The van der Waals surface area contributed by atoms with Crippen molar-refractivity contribution in [1.29, 1.82) is 0 Å². The van der Waals surface area contributed by atoms with E-state index in [0.29, 0.717) is 42.1 Å². The third-order valence-electron chi connectivity index (χ3n) is 5.74. The third-order valence-corrected chi connectivity index (χ3v) is 5.74. The minimum Gasteiger partial charge on any atom is -0.490 e. The molecule has 30 heavy (non-hydrogen) atoms. The maximum Gasteiger partial charge on any atom is 0.341 e. The van der Waals surface area contributed by atoms with Crippen LogP contribution in [-0.4, -0.2) is 35.9 Å². The number of rotatable bonds is 6. The fourth-order valence-electron chi connectivity index (χ4n) is 4.55. The number of carboxylic acid groups (broad SMARTS) is 1. The number of allylic oxidation sites excluding steroid dienone is 4. The molecule has 1 aromatic carbocycles. The molecule has 0 unspecified atom stereocenters. The number of carbonyl (C=O) groups is 3. The van der Waals surface area contributed by atoms with E-state index in [2.05, 4.69) is 5.32 Å². The molecule has 1 heterocycles. The summed E-state index contributed by atoms with van der Waals surface area (Å²) in [5, 5.41) is 12.3. The number of dihydropyridines is 1. The van der Waals surface area contributed by atoms with Crippen molar-refractivity contribution in [3.8, 4) is 11.5 Å². The van der Waals surface area contributed by atoms with Gasteiger partial charge in [-0.2, -0.15) is 0 Å². The predicted octanol–water partition coefficient (Wildman–Crippen LogP) is 3.25. The molecule has 0 atom stereocenters. The van der Waals surface area contributed by atoms with Gasteiger partial charge in [0.05, 0.1) is 6.61 Å². The minimum absolute atomic E-state index is 0.0721. The lowest BCUT2D eigenvalue weighted by atomic mass is 9.71. The van der Waals surface area contributed by atoms with Crippen LogP contribution in [0.25, 0.3) is 0 Å². The highest BCUT2D eigenvalue weighted by Crippen LogP contribution is 2.46. The Kier molecular flexibility index (Phi) is 5.61. The van der Waals surface area contributed by atoms with Crippen LogP contribution in [0.1, 0.15) is 56.9 Å². The Morgan fingerprint density at radius 2 is 1.63 bits per heavy atom. The van der Waals surface area contributed by atoms with Gasteiger partial charge in [0.25, 0.3) is 0 Å². The molecule has 0 fully saturated rings. The monoisotopic (exact) mass is 411 g/mol. The molecule has 7 nitrogen and oxygen atoms in total. The third kappa shape index (κ3) is 3.72. The van der Waals surface area contributed by atoms with E-state index in [1.54, 1.807) is 18.2 Å². The number of aliphatic carboxylic acids is 1. The molecule has 7 heteroatoms. The molecular formula is C23H25NO6. The summed E-state index contributed by atoms with van der Waals surface area (Å²) < 4.78 is 11.0. The van der Waals surface area contributed by atoms with E-state index in [1.807, 2.05) is 6.92 Å². The molecule has 0 saturated heterocycles. The second-order valence-corrected chi connectivity index (χ2v) is 7.72. The number of hydrogen-bond donors (Lipinski definition) is 2. The summed E-state index contributed by atoms with van der Waals surface area (Å²) in [5.74, 6) is -0.629. The molecule has 4 rings (SSSR count). The fraction of sp³-hybridized carbons (Fsp3) is 0.435. The maximum absolute atomic E-state index is 12.9. The first-order chi connectivity index (χ1) is 14.5. The van der Waals surface area contributed by atoms with Crippen molar-refractivity contribution in [2.45, 2.75) is 51.4 Å². The van der Waals surface area contributed by atoms with E-state index in [9.17, 15) is 14.4 Å². The first-order valence-corrected chi connectivity index (χ1v) is 10.4. The van der Waals surface area contributed by atoms with E-state index >= 15 is 0 Å². The normalized spacial score (nSPS) is 19.2. The van der Waals surface area contributed by atoms with E-state index in [1.165, 1.54) is 0 Å². The van der Waals surface area contributed by atoms with Gasteiger partial charge >= 0.3 is 5.97 Å². The summed E-state index contributed by atoms with van der Waals surface area (Å²) in [6, 6.07) is 5.23. The molecule has 0 amide bonds. The molecule has 158 valence electrons. The molecule has 0 saturated carbocycles. The van der Waals surface area contributed by atoms with Crippen molar-refractivity contribution in [3.05, 3.63) is 46.3 Å². The fourth-order valence-corrected chi connectivity index (χ4v) is 4.55. The van der Waals surface area contributed by atoms with E-state index in [0.717, 1.165) is 42.6 Å². The van der Waals surface area contributed by atoms with Crippen LogP contribution in [0.4, 0.5) is 0 Å². The lowest BCUT2D eigenvalue weighted by Crippen LogP contribution is -2.36. The van der Waals surface area contributed by atoms with Crippen LogP contribution >= 0.6 is 0 Å². The van der Waals surface area contributed by atoms with Gasteiger partial charge in [-0.15, -0.1) is 0 Å². The van der Waals surface area contributed by atoms with E-state index in [-0.39, 0.29) is 11.6 Å². The number of carboxylic acids is 1. The highest BCUT2D eigenvalue weighted by molar-refractivity contribution is 6.06. The highest BCUT2D eigenvalue weighted by atomic mass is 16.5. The van der Waals surface area contributed by atoms with Crippen molar-refractivity contribution in [1.82, 2.24) is 5.32 Å². The van der Waals surface area contributed by atoms with Crippen molar-refractivity contribution in [2.24, 2.45) is 0 Å². The predicted molar refractivity (Wildman–Crippen MR) is 108 cm³/mol. The Labute approximate surface area is 174 Å². The van der Waals surface area contributed by atoms with Gasteiger partial charge in [-0.3, -0.25) is 9.59 Å². The number of benzene rings is 1. The Balaban J connectivity index is 1.81. The van der Waals surface area contributed by atoms with E-state index in [4.69, 9.17) is 14.6 Å². The van der Waals surface area contributed by atoms with Crippen molar-refractivity contribution in [2.75, 3.05) is 13.2 Å². The first-order valence-electron chi connectivity index (χ1n) is 10.4. The van der Waals surface area contributed by atoms with Gasteiger partial charge in [-0.05, 0) is 50.3 Å². The van der Waals surface area contributed by atoms with Gasteiger partial charge in [-0.1, -0.05) is 6.07 Å². The SMILES string of the molecule is CCOc1cc(C2C3=C(CCCC3=O)NC3=C2C(=O)CCC3)ccc1OCC(=O)O. The lowest BCUT2D eigenvalue weighted by Gasteiger charge is -2.37. The summed E-state index contributed by atoms with van der Waals surface area (Å²) in [4.78, 5) is 36.7. The highest BCUT2D eigenvalue weighted by Gasteiger charge is 2.40. The smallest absolute Gasteiger partial charge is 0.341 e. The molecule has 0 radical (unpaired) electrons. The van der Waals surface area contributed by atoms with Gasteiger partial charge in [0, 0.05) is 41.3 Å². The quantitative estimate of drug-likeness (QED) is 0.741. The van der Waals surface area contributed by atoms with Crippen LogP contribution in [0, 0.1) is 0 Å². The van der Waals surface area contributed by atoms with Crippen LogP contribution in [-0.2, 0) is 14.4 Å². The summed E-state index contributed by atoms with van der Waals surface area (Å²) in [6.45, 7) is 1.72. The van der Waals surface area contributed by atoms with Gasteiger partial charge in [-0.25, -0.2) is 4.79 Å². The molecule has 1 aromatic rings. The zero-order valence-corrected chi connectivity index (χ0v) is 17.0. The minimum atomic E-state index is -1.08. The molecule has 0 bridgehead atoms. The van der Waals surface area contributed by atoms with Crippen molar-refractivity contribution < 1.29 is 29.0 Å². The number of Topliss-reactive ketones (excluding diaryl/α,β-unsaturated/α-hetero) is 2. The molecule has 2 aliphatic carbocycles. The summed E-state index contributed by atoms with van der Waals surface area (Å²) in [7, 11) is 0. The molecular weight excluding hydrogens is 386 g/mol. The Morgan fingerprint density at radius 3 is 2.20 bits per heavy atom. The average molecular weight is 411 g/mol. The zero-order valence-electron chi connectivity index (χ0n) is 17.0. The maximum atomic E-state index is 12.9. The van der Waals surface area contributed by atoms with Gasteiger partial charge in [0.1, 0.15) is 0 Å². The van der Waals surface area contributed by atoms with Crippen molar-refractivity contribution >= 4 is 17.5 Å². The van der Waals surface area contributed by atoms with Crippen LogP contribution in [0.15, 0.2) is 40.7 Å². The molecule has 0 aromatic heterocycles. The molecule has 0 spiro atoms.